The van der Waals surface area contributed by atoms with Gasteiger partial charge < -0.3 is 10.8 Å². The van der Waals surface area contributed by atoms with Crippen molar-refractivity contribution in [2.24, 2.45) is 11.7 Å². The molecule has 3 N–H and O–H groups in total. The smallest absolute Gasteiger partial charge is 0.0761 e. The lowest BCUT2D eigenvalue weighted by molar-refractivity contribution is 0.122. The molecule has 1 fully saturated rings. The zero-order chi connectivity index (χ0) is 11.9. The van der Waals surface area contributed by atoms with E-state index in [9.17, 15) is 5.11 Å². The highest BCUT2D eigenvalue weighted by Gasteiger charge is 2.35. The van der Waals surface area contributed by atoms with E-state index in [-0.39, 0.29) is 12.1 Å². The first-order chi connectivity index (χ1) is 7.50. The largest absolute Gasteiger partial charge is 0.391 e. The Balaban J connectivity index is 2.31. The molecule has 0 radical (unpaired) electrons. The van der Waals surface area contributed by atoms with E-state index in [4.69, 9.17) is 5.73 Å². The van der Waals surface area contributed by atoms with Crippen LogP contribution in [-0.2, 0) is 0 Å². The highest BCUT2D eigenvalue weighted by Crippen LogP contribution is 2.38. The van der Waals surface area contributed by atoms with E-state index < -0.39 is 0 Å². The van der Waals surface area contributed by atoms with Crippen LogP contribution in [0.15, 0.2) is 12.1 Å². The minimum Gasteiger partial charge on any atom is -0.391 e. The van der Waals surface area contributed by atoms with Crippen LogP contribution in [0.2, 0.25) is 0 Å². The van der Waals surface area contributed by atoms with Gasteiger partial charge in [0, 0.05) is 0 Å². The molecule has 2 heteroatoms. The fourth-order valence-electron chi connectivity index (χ4n) is 2.62. The van der Waals surface area contributed by atoms with Gasteiger partial charge >= 0.3 is 0 Å². The van der Waals surface area contributed by atoms with E-state index in [1.807, 2.05) is 0 Å². The standard InChI is InChI=1S/C14H21NO/c1-8-6-9(2)12(10(3)7-8)13(15)14(16)11-4-5-11/h6-7,11,13-14,16H,4-5,15H2,1-3H3/t13-,14+/m0/s1. The number of rotatable bonds is 3. The third-order valence-electron chi connectivity index (χ3n) is 3.54. The topological polar surface area (TPSA) is 46.2 Å². The van der Waals surface area contributed by atoms with Crippen LogP contribution in [0.25, 0.3) is 0 Å². The number of benzene rings is 1. The van der Waals surface area contributed by atoms with E-state index in [0.29, 0.717) is 5.92 Å². The Morgan fingerprint density at radius 2 is 1.69 bits per heavy atom. The lowest BCUT2D eigenvalue weighted by atomic mass is 9.90. The Kier molecular flexibility index (Phi) is 3.04. The maximum Gasteiger partial charge on any atom is 0.0761 e. The lowest BCUT2D eigenvalue weighted by Crippen LogP contribution is -2.29. The number of hydrogen-bond acceptors (Lipinski definition) is 2. The summed E-state index contributed by atoms with van der Waals surface area (Å²) in [6.45, 7) is 6.25. The summed E-state index contributed by atoms with van der Waals surface area (Å²) >= 11 is 0. The average Bonchev–Trinajstić information content (AvgIpc) is 2.97. The third-order valence-corrected chi connectivity index (χ3v) is 3.54. The van der Waals surface area contributed by atoms with Crippen LogP contribution in [0.1, 0.15) is 41.1 Å². The van der Waals surface area contributed by atoms with Crippen LogP contribution >= 0.6 is 0 Å². The molecule has 1 saturated carbocycles. The molecule has 1 aromatic rings. The number of aliphatic hydroxyl groups excluding tert-OH is 1. The molecule has 16 heavy (non-hydrogen) atoms. The zero-order valence-corrected chi connectivity index (χ0v) is 10.3. The lowest BCUT2D eigenvalue weighted by Gasteiger charge is -2.23. The summed E-state index contributed by atoms with van der Waals surface area (Å²) in [6, 6.07) is 4.05. The molecule has 0 saturated heterocycles. The first-order valence-corrected chi connectivity index (χ1v) is 6.02. The Hall–Kier alpha value is -0.860. The van der Waals surface area contributed by atoms with Gasteiger partial charge in [-0.25, -0.2) is 0 Å². The van der Waals surface area contributed by atoms with Crippen molar-refractivity contribution in [3.05, 3.63) is 34.4 Å². The van der Waals surface area contributed by atoms with Crippen molar-refractivity contribution in [3.8, 4) is 0 Å². The minimum absolute atomic E-state index is 0.229. The van der Waals surface area contributed by atoms with Crippen LogP contribution in [0.4, 0.5) is 0 Å². The summed E-state index contributed by atoms with van der Waals surface area (Å²) in [4.78, 5) is 0. The van der Waals surface area contributed by atoms with Gasteiger partial charge in [-0.3, -0.25) is 0 Å². The van der Waals surface area contributed by atoms with Gasteiger partial charge in [0.2, 0.25) is 0 Å². The van der Waals surface area contributed by atoms with Gasteiger partial charge in [0.25, 0.3) is 0 Å². The molecule has 0 amide bonds. The van der Waals surface area contributed by atoms with Gasteiger partial charge in [-0.15, -0.1) is 0 Å². The number of aliphatic hydroxyl groups is 1. The fourth-order valence-corrected chi connectivity index (χ4v) is 2.62. The second-order valence-electron chi connectivity index (χ2n) is 5.17. The summed E-state index contributed by atoms with van der Waals surface area (Å²) in [7, 11) is 0. The minimum atomic E-state index is -0.375. The second-order valence-corrected chi connectivity index (χ2v) is 5.17. The van der Waals surface area contributed by atoms with Crippen LogP contribution in [0.5, 0.6) is 0 Å². The van der Waals surface area contributed by atoms with Crippen molar-refractivity contribution >= 4 is 0 Å². The normalized spacial score (nSPS) is 19.6. The van der Waals surface area contributed by atoms with Gasteiger partial charge in [0.05, 0.1) is 12.1 Å². The van der Waals surface area contributed by atoms with E-state index >= 15 is 0 Å². The molecule has 0 bridgehead atoms. The highest BCUT2D eigenvalue weighted by molar-refractivity contribution is 5.40. The molecular formula is C14H21NO. The predicted octanol–water partition coefficient (Wildman–Crippen LogP) is 2.38. The van der Waals surface area contributed by atoms with E-state index in [1.165, 1.54) is 16.7 Å². The fraction of sp³-hybridized carbons (Fsp3) is 0.571. The van der Waals surface area contributed by atoms with Crippen molar-refractivity contribution in [1.29, 1.82) is 0 Å². The molecule has 1 aromatic carbocycles. The van der Waals surface area contributed by atoms with Crippen LogP contribution < -0.4 is 5.73 Å². The number of hydrogen-bond donors (Lipinski definition) is 2. The quantitative estimate of drug-likeness (QED) is 0.820. The van der Waals surface area contributed by atoms with Crippen LogP contribution in [-0.4, -0.2) is 11.2 Å². The van der Waals surface area contributed by atoms with Crippen LogP contribution in [0, 0.1) is 26.7 Å². The maximum absolute atomic E-state index is 10.1. The first-order valence-electron chi connectivity index (χ1n) is 6.02. The summed E-state index contributed by atoms with van der Waals surface area (Å²) in [5, 5.41) is 10.1. The van der Waals surface area contributed by atoms with Crippen LogP contribution in [0.3, 0.4) is 0 Å². The Morgan fingerprint density at radius 1 is 1.19 bits per heavy atom. The van der Waals surface area contributed by atoms with Gasteiger partial charge in [-0.2, -0.15) is 0 Å². The molecule has 0 spiro atoms. The molecule has 1 aliphatic carbocycles. The molecule has 0 heterocycles. The molecule has 2 nitrogen and oxygen atoms in total. The summed E-state index contributed by atoms with van der Waals surface area (Å²) in [6.07, 6.45) is 1.87. The van der Waals surface area contributed by atoms with E-state index in [2.05, 4.69) is 32.9 Å². The molecule has 1 aliphatic rings. The Bertz CT molecular complexity index is 373. The Labute approximate surface area is 97.5 Å². The van der Waals surface area contributed by atoms with E-state index in [0.717, 1.165) is 18.4 Å². The maximum atomic E-state index is 10.1. The molecule has 0 aromatic heterocycles. The Morgan fingerprint density at radius 3 is 2.12 bits per heavy atom. The van der Waals surface area contributed by atoms with Crippen molar-refractivity contribution in [2.75, 3.05) is 0 Å². The predicted molar refractivity (Wildman–Crippen MR) is 66.3 cm³/mol. The van der Waals surface area contributed by atoms with Crippen molar-refractivity contribution in [1.82, 2.24) is 0 Å². The molecule has 2 rings (SSSR count). The molecule has 0 unspecified atom stereocenters. The summed E-state index contributed by atoms with van der Waals surface area (Å²) in [5.41, 5.74) is 11.0. The first kappa shape index (κ1) is 11.6. The van der Waals surface area contributed by atoms with E-state index in [1.54, 1.807) is 0 Å². The van der Waals surface area contributed by atoms with Gasteiger partial charge in [-0.05, 0) is 56.2 Å². The van der Waals surface area contributed by atoms with Gasteiger partial charge in [0.1, 0.15) is 0 Å². The summed E-state index contributed by atoms with van der Waals surface area (Å²) in [5.74, 6) is 0.426. The average molecular weight is 219 g/mol. The highest BCUT2D eigenvalue weighted by atomic mass is 16.3. The monoisotopic (exact) mass is 219 g/mol. The van der Waals surface area contributed by atoms with Crippen molar-refractivity contribution < 1.29 is 5.11 Å². The SMILES string of the molecule is Cc1cc(C)c([C@H](N)[C@H](O)C2CC2)c(C)c1. The zero-order valence-electron chi connectivity index (χ0n) is 10.3. The third kappa shape index (κ3) is 2.13. The second kappa shape index (κ2) is 4.19. The van der Waals surface area contributed by atoms with Crippen molar-refractivity contribution in [3.63, 3.8) is 0 Å². The van der Waals surface area contributed by atoms with Gasteiger partial charge in [0.15, 0.2) is 0 Å². The molecule has 0 aliphatic heterocycles. The van der Waals surface area contributed by atoms with Crippen molar-refractivity contribution in [2.45, 2.75) is 45.8 Å². The molecule has 88 valence electrons. The number of aryl methyl sites for hydroxylation is 3. The molecule has 2 atom stereocenters. The summed E-state index contributed by atoms with van der Waals surface area (Å²) < 4.78 is 0. The van der Waals surface area contributed by atoms with Gasteiger partial charge in [-0.1, -0.05) is 17.7 Å². The molecular weight excluding hydrogens is 198 g/mol. The number of nitrogens with two attached hydrogens (primary N) is 1.